The summed E-state index contributed by atoms with van der Waals surface area (Å²) in [7, 11) is 0. The van der Waals surface area contributed by atoms with Crippen molar-refractivity contribution in [3.8, 4) is 0 Å². The maximum atomic E-state index is 11.4. The first-order valence-corrected chi connectivity index (χ1v) is 8.21. The lowest BCUT2D eigenvalue weighted by Crippen LogP contribution is -2.59. The van der Waals surface area contributed by atoms with E-state index in [0.29, 0.717) is 6.54 Å². The molecule has 2 amide bonds. The number of piperazine rings is 1. The molecule has 0 saturated carbocycles. The standard InChI is InChI=1S/C16H22N4O4/c21-15(22)19-7-8-20(16(23)24)12(10-19)9-18-13-5-1-3-11-4-2-6-17-14(11)13/h2,4,6,12-13,18H,1,3,5,7-10H2,(H,21,22)(H,23,24)/t12-,13+/m1/s1. The SMILES string of the molecule is O=C(O)N1CCN(C(=O)O)[C@H](CN[C@H]2CCCc3cccnc32)C1. The molecule has 1 aliphatic heterocycles. The number of nitrogens with one attached hydrogen (secondary N) is 1. The predicted octanol–water partition coefficient (Wildman–Crippen LogP) is 1.39. The average molecular weight is 334 g/mol. The van der Waals surface area contributed by atoms with Crippen molar-refractivity contribution >= 4 is 12.2 Å². The Morgan fingerprint density at radius 1 is 1.29 bits per heavy atom. The number of fused-ring (bicyclic) bond motifs is 1. The Balaban J connectivity index is 1.67. The van der Waals surface area contributed by atoms with Gasteiger partial charge in [0.05, 0.1) is 11.7 Å². The third-order valence-corrected chi connectivity index (χ3v) is 4.79. The second-order valence-corrected chi connectivity index (χ2v) is 6.26. The van der Waals surface area contributed by atoms with Gasteiger partial charge in [-0.25, -0.2) is 9.59 Å². The van der Waals surface area contributed by atoms with Gasteiger partial charge in [0.2, 0.25) is 0 Å². The number of aromatic nitrogens is 1. The van der Waals surface area contributed by atoms with Gasteiger partial charge in [-0.3, -0.25) is 4.98 Å². The van der Waals surface area contributed by atoms with E-state index in [1.807, 2.05) is 6.07 Å². The summed E-state index contributed by atoms with van der Waals surface area (Å²) in [4.78, 5) is 29.7. The summed E-state index contributed by atoms with van der Waals surface area (Å²) in [5.74, 6) is 0. The fourth-order valence-electron chi connectivity index (χ4n) is 3.54. The average Bonchev–Trinajstić information content (AvgIpc) is 2.59. The van der Waals surface area contributed by atoms with E-state index >= 15 is 0 Å². The molecule has 2 heterocycles. The number of amides is 2. The number of rotatable bonds is 3. The molecule has 0 aromatic carbocycles. The van der Waals surface area contributed by atoms with E-state index in [0.717, 1.165) is 25.0 Å². The van der Waals surface area contributed by atoms with E-state index in [-0.39, 0.29) is 31.7 Å². The van der Waals surface area contributed by atoms with Gasteiger partial charge in [-0.05, 0) is 30.9 Å². The Morgan fingerprint density at radius 3 is 2.88 bits per heavy atom. The number of aryl methyl sites for hydroxylation is 1. The molecule has 0 bridgehead atoms. The van der Waals surface area contributed by atoms with Gasteiger partial charge in [-0.1, -0.05) is 6.07 Å². The molecule has 1 aliphatic carbocycles. The maximum Gasteiger partial charge on any atom is 0.407 e. The van der Waals surface area contributed by atoms with E-state index < -0.39 is 12.2 Å². The van der Waals surface area contributed by atoms with Gasteiger partial charge in [-0.15, -0.1) is 0 Å². The fourth-order valence-corrected chi connectivity index (χ4v) is 3.54. The van der Waals surface area contributed by atoms with Crippen molar-refractivity contribution in [3.05, 3.63) is 29.6 Å². The lowest BCUT2D eigenvalue weighted by atomic mass is 9.91. The molecule has 0 spiro atoms. The zero-order valence-corrected chi connectivity index (χ0v) is 13.4. The largest absolute Gasteiger partial charge is 0.465 e. The van der Waals surface area contributed by atoms with Crippen molar-refractivity contribution in [1.82, 2.24) is 20.1 Å². The Bertz CT molecular complexity index is 624. The molecule has 1 aromatic heterocycles. The van der Waals surface area contributed by atoms with Crippen LogP contribution in [-0.2, 0) is 6.42 Å². The monoisotopic (exact) mass is 334 g/mol. The molecule has 130 valence electrons. The van der Waals surface area contributed by atoms with Gasteiger partial charge in [0.1, 0.15) is 0 Å². The zero-order chi connectivity index (χ0) is 17.1. The molecule has 0 unspecified atom stereocenters. The topological polar surface area (TPSA) is 106 Å². The second-order valence-electron chi connectivity index (χ2n) is 6.26. The van der Waals surface area contributed by atoms with Gasteiger partial charge in [0, 0.05) is 38.4 Å². The minimum atomic E-state index is -1.01. The van der Waals surface area contributed by atoms with E-state index in [9.17, 15) is 14.7 Å². The van der Waals surface area contributed by atoms with Gasteiger partial charge < -0.3 is 25.3 Å². The quantitative estimate of drug-likeness (QED) is 0.771. The molecule has 2 aliphatic rings. The highest BCUT2D eigenvalue weighted by atomic mass is 16.4. The second kappa shape index (κ2) is 7.04. The van der Waals surface area contributed by atoms with Crippen LogP contribution in [0.15, 0.2) is 18.3 Å². The summed E-state index contributed by atoms with van der Waals surface area (Å²) >= 11 is 0. The number of hydrogen-bond donors (Lipinski definition) is 3. The van der Waals surface area contributed by atoms with Crippen molar-refractivity contribution < 1.29 is 19.8 Å². The first kappa shape index (κ1) is 16.5. The highest BCUT2D eigenvalue weighted by Crippen LogP contribution is 2.27. The zero-order valence-electron chi connectivity index (χ0n) is 13.4. The molecule has 8 nitrogen and oxygen atoms in total. The van der Waals surface area contributed by atoms with Gasteiger partial charge in [-0.2, -0.15) is 0 Å². The predicted molar refractivity (Wildman–Crippen MR) is 86.0 cm³/mol. The molecule has 3 N–H and O–H groups in total. The minimum Gasteiger partial charge on any atom is -0.465 e. The first-order valence-electron chi connectivity index (χ1n) is 8.21. The van der Waals surface area contributed by atoms with Gasteiger partial charge in [0.15, 0.2) is 0 Å². The van der Waals surface area contributed by atoms with Crippen LogP contribution >= 0.6 is 0 Å². The summed E-state index contributed by atoms with van der Waals surface area (Å²) < 4.78 is 0. The van der Waals surface area contributed by atoms with Crippen molar-refractivity contribution in [3.63, 3.8) is 0 Å². The fraction of sp³-hybridized carbons (Fsp3) is 0.562. The summed E-state index contributed by atoms with van der Waals surface area (Å²) in [6.45, 7) is 1.02. The summed E-state index contributed by atoms with van der Waals surface area (Å²) in [6.07, 6.45) is 2.79. The van der Waals surface area contributed by atoms with Crippen LogP contribution < -0.4 is 5.32 Å². The van der Waals surface area contributed by atoms with Crippen LogP contribution in [-0.4, -0.2) is 69.4 Å². The number of hydrogen-bond acceptors (Lipinski definition) is 4. The molecule has 8 heteroatoms. The maximum absolute atomic E-state index is 11.4. The Hall–Kier alpha value is -2.35. The van der Waals surface area contributed by atoms with Crippen LogP contribution in [0.2, 0.25) is 0 Å². The molecule has 24 heavy (non-hydrogen) atoms. The molecular formula is C16H22N4O4. The lowest BCUT2D eigenvalue weighted by Gasteiger charge is -2.39. The van der Waals surface area contributed by atoms with E-state index in [1.54, 1.807) is 6.20 Å². The minimum absolute atomic E-state index is 0.0887. The van der Waals surface area contributed by atoms with Gasteiger partial charge >= 0.3 is 12.2 Å². The van der Waals surface area contributed by atoms with E-state index in [4.69, 9.17) is 5.11 Å². The van der Waals surface area contributed by atoms with Gasteiger partial charge in [0.25, 0.3) is 0 Å². The van der Waals surface area contributed by atoms with Crippen LogP contribution in [0.5, 0.6) is 0 Å². The number of carbonyl (C=O) groups is 2. The van der Waals surface area contributed by atoms with Crippen LogP contribution in [0.1, 0.15) is 30.1 Å². The number of nitrogens with zero attached hydrogens (tertiary/aromatic N) is 3. The van der Waals surface area contributed by atoms with E-state index in [1.165, 1.54) is 15.4 Å². The summed E-state index contributed by atoms with van der Waals surface area (Å²) in [6, 6.07) is 3.71. The molecule has 2 atom stereocenters. The Labute approximate surface area is 140 Å². The number of carboxylic acid groups (broad SMARTS) is 2. The highest BCUT2D eigenvalue weighted by Gasteiger charge is 2.33. The van der Waals surface area contributed by atoms with Crippen molar-refractivity contribution in [1.29, 1.82) is 0 Å². The van der Waals surface area contributed by atoms with Crippen molar-refractivity contribution in [2.45, 2.75) is 31.3 Å². The summed E-state index contributed by atoms with van der Waals surface area (Å²) in [5.41, 5.74) is 2.25. The molecule has 0 radical (unpaired) electrons. The van der Waals surface area contributed by atoms with Crippen molar-refractivity contribution in [2.24, 2.45) is 0 Å². The molecule has 3 rings (SSSR count). The third kappa shape index (κ3) is 3.43. The van der Waals surface area contributed by atoms with Crippen LogP contribution in [0.4, 0.5) is 9.59 Å². The molecule has 1 saturated heterocycles. The normalized spacial score (nSPS) is 23.7. The van der Waals surface area contributed by atoms with E-state index in [2.05, 4.69) is 16.4 Å². The lowest BCUT2D eigenvalue weighted by molar-refractivity contribution is 0.0625. The molecule has 1 fully saturated rings. The highest BCUT2D eigenvalue weighted by molar-refractivity contribution is 5.68. The number of pyridine rings is 1. The summed E-state index contributed by atoms with van der Waals surface area (Å²) in [5, 5.41) is 21.9. The third-order valence-electron chi connectivity index (χ3n) is 4.79. The molecular weight excluding hydrogens is 312 g/mol. The van der Waals surface area contributed by atoms with Crippen LogP contribution in [0.25, 0.3) is 0 Å². The smallest absolute Gasteiger partial charge is 0.407 e. The molecule has 1 aromatic rings. The van der Waals surface area contributed by atoms with Crippen LogP contribution in [0.3, 0.4) is 0 Å². The Kier molecular flexibility index (Phi) is 4.84. The Morgan fingerprint density at radius 2 is 2.12 bits per heavy atom. The van der Waals surface area contributed by atoms with Crippen molar-refractivity contribution in [2.75, 3.05) is 26.2 Å². The van der Waals surface area contributed by atoms with Crippen LogP contribution in [0, 0.1) is 0 Å². The first-order chi connectivity index (χ1) is 11.6.